The molecule has 7 nitrogen and oxygen atoms in total. The fraction of sp³-hybridized carbons (Fsp3) is 0.120. The number of benzene rings is 3. The van der Waals surface area contributed by atoms with Crippen molar-refractivity contribution in [2.75, 3.05) is 18.5 Å². The molecule has 1 aliphatic rings. The SMILES string of the molecule is O=C(COC(=O)c1ccc2c(c1)C(=O)N(CCc1ccccc1)C2=O)Nc1ccc(F)cc1. The van der Waals surface area contributed by atoms with Gasteiger partial charge in [-0.3, -0.25) is 19.3 Å². The first-order chi connectivity index (χ1) is 15.9. The molecule has 0 atom stereocenters. The van der Waals surface area contributed by atoms with Crippen LogP contribution in [0.2, 0.25) is 0 Å². The van der Waals surface area contributed by atoms with Gasteiger partial charge in [0.05, 0.1) is 16.7 Å². The van der Waals surface area contributed by atoms with E-state index in [2.05, 4.69) is 5.32 Å². The molecule has 1 heterocycles. The minimum absolute atomic E-state index is 0.0504. The van der Waals surface area contributed by atoms with Crippen LogP contribution in [-0.2, 0) is 16.0 Å². The van der Waals surface area contributed by atoms with Gasteiger partial charge in [0.1, 0.15) is 5.82 Å². The summed E-state index contributed by atoms with van der Waals surface area (Å²) in [4.78, 5) is 50.9. The summed E-state index contributed by atoms with van der Waals surface area (Å²) in [7, 11) is 0. The van der Waals surface area contributed by atoms with Crippen molar-refractivity contribution in [1.29, 1.82) is 0 Å². The number of halogens is 1. The highest BCUT2D eigenvalue weighted by atomic mass is 19.1. The second kappa shape index (κ2) is 9.44. The van der Waals surface area contributed by atoms with Gasteiger partial charge in [-0.05, 0) is 54.4 Å². The number of carbonyl (C=O) groups is 4. The van der Waals surface area contributed by atoms with Crippen LogP contribution in [0.5, 0.6) is 0 Å². The van der Waals surface area contributed by atoms with Gasteiger partial charge in [-0.2, -0.15) is 0 Å². The first-order valence-electron chi connectivity index (χ1n) is 10.2. The molecule has 3 amide bonds. The molecule has 0 unspecified atom stereocenters. The molecule has 0 fully saturated rings. The molecule has 8 heteroatoms. The highest BCUT2D eigenvalue weighted by molar-refractivity contribution is 6.22. The van der Waals surface area contributed by atoms with Crippen molar-refractivity contribution in [3.05, 3.63) is 101 Å². The monoisotopic (exact) mass is 446 g/mol. The van der Waals surface area contributed by atoms with E-state index in [1.54, 1.807) is 0 Å². The highest BCUT2D eigenvalue weighted by Crippen LogP contribution is 2.24. The number of esters is 1. The van der Waals surface area contributed by atoms with E-state index in [1.807, 2.05) is 30.3 Å². The number of fused-ring (bicyclic) bond motifs is 1. The zero-order valence-electron chi connectivity index (χ0n) is 17.4. The fourth-order valence-corrected chi connectivity index (χ4v) is 3.45. The number of hydrogen-bond acceptors (Lipinski definition) is 5. The molecular formula is C25H19FN2O5. The summed E-state index contributed by atoms with van der Waals surface area (Å²) < 4.78 is 17.9. The number of amides is 3. The van der Waals surface area contributed by atoms with E-state index >= 15 is 0 Å². The third-order valence-electron chi connectivity index (χ3n) is 5.14. The standard InChI is InChI=1S/C25H19FN2O5/c26-18-7-9-19(10-8-18)27-22(29)15-33-25(32)17-6-11-20-21(14-17)24(31)28(23(20)30)13-12-16-4-2-1-3-5-16/h1-11,14H,12-13,15H2,(H,27,29). The quantitative estimate of drug-likeness (QED) is 0.443. The van der Waals surface area contributed by atoms with Crippen LogP contribution in [0.25, 0.3) is 0 Å². The summed E-state index contributed by atoms with van der Waals surface area (Å²) in [5, 5.41) is 2.48. The molecule has 1 N–H and O–H groups in total. The Labute approximate surface area is 188 Å². The molecule has 0 spiro atoms. The Bertz CT molecular complexity index is 1230. The molecule has 0 aromatic heterocycles. The average molecular weight is 446 g/mol. The third kappa shape index (κ3) is 4.95. The first kappa shape index (κ1) is 21.9. The molecule has 3 aromatic carbocycles. The molecular weight excluding hydrogens is 427 g/mol. The Morgan fingerprint density at radius 3 is 2.30 bits per heavy atom. The van der Waals surface area contributed by atoms with E-state index < -0.39 is 36.1 Å². The van der Waals surface area contributed by atoms with Crippen LogP contribution in [0.3, 0.4) is 0 Å². The van der Waals surface area contributed by atoms with Crippen LogP contribution in [-0.4, -0.2) is 41.7 Å². The topological polar surface area (TPSA) is 92.8 Å². The van der Waals surface area contributed by atoms with Gasteiger partial charge < -0.3 is 10.1 Å². The smallest absolute Gasteiger partial charge is 0.338 e. The molecule has 3 aromatic rings. The maximum absolute atomic E-state index is 12.9. The summed E-state index contributed by atoms with van der Waals surface area (Å²) in [6.07, 6.45) is 0.518. The Kier molecular flexibility index (Phi) is 6.26. The Morgan fingerprint density at radius 1 is 0.879 bits per heavy atom. The normalized spacial score (nSPS) is 12.5. The maximum atomic E-state index is 12.9. The van der Waals surface area contributed by atoms with E-state index in [-0.39, 0.29) is 23.2 Å². The third-order valence-corrected chi connectivity index (χ3v) is 5.14. The lowest BCUT2D eigenvalue weighted by molar-refractivity contribution is -0.119. The summed E-state index contributed by atoms with van der Waals surface area (Å²) >= 11 is 0. The number of anilines is 1. The number of imide groups is 1. The number of ether oxygens (including phenoxy) is 1. The Morgan fingerprint density at radius 2 is 1.58 bits per heavy atom. The van der Waals surface area contributed by atoms with Crippen molar-refractivity contribution in [3.63, 3.8) is 0 Å². The van der Waals surface area contributed by atoms with Crippen LogP contribution in [0.4, 0.5) is 10.1 Å². The van der Waals surface area contributed by atoms with Gasteiger partial charge in [-0.1, -0.05) is 30.3 Å². The second-order valence-electron chi connectivity index (χ2n) is 7.39. The van der Waals surface area contributed by atoms with E-state index in [4.69, 9.17) is 4.74 Å². The van der Waals surface area contributed by atoms with Gasteiger partial charge >= 0.3 is 5.97 Å². The fourth-order valence-electron chi connectivity index (χ4n) is 3.45. The lowest BCUT2D eigenvalue weighted by Gasteiger charge is -2.13. The molecule has 0 bridgehead atoms. The van der Waals surface area contributed by atoms with Crippen molar-refractivity contribution in [3.8, 4) is 0 Å². The van der Waals surface area contributed by atoms with Gasteiger partial charge in [0.15, 0.2) is 6.61 Å². The minimum atomic E-state index is -0.810. The summed E-state index contributed by atoms with van der Waals surface area (Å²) in [5.41, 5.74) is 1.75. The van der Waals surface area contributed by atoms with Crippen molar-refractivity contribution in [2.45, 2.75) is 6.42 Å². The molecule has 4 rings (SSSR count). The summed E-state index contributed by atoms with van der Waals surface area (Å²) in [6, 6.07) is 18.7. The number of rotatable bonds is 7. The van der Waals surface area contributed by atoms with Gasteiger partial charge in [0, 0.05) is 12.2 Å². The minimum Gasteiger partial charge on any atom is -0.452 e. The second-order valence-corrected chi connectivity index (χ2v) is 7.39. The molecule has 166 valence electrons. The van der Waals surface area contributed by atoms with Gasteiger partial charge in [-0.25, -0.2) is 9.18 Å². The Hall–Kier alpha value is -4.33. The van der Waals surface area contributed by atoms with Crippen LogP contribution in [0.15, 0.2) is 72.8 Å². The van der Waals surface area contributed by atoms with Crippen molar-refractivity contribution < 1.29 is 28.3 Å². The zero-order valence-corrected chi connectivity index (χ0v) is 17.4. The molecule has 0 radical (unpaired) electrons. The van der Waals surface area contributed by atoms with Crippen LogP contribution < -0.4 is 5.32 Å². The van der Waals surface area contributed by atoms with E-state index in [9.17, 15) is 23.6 Å². The number of nitrogens with zero attached hydrogens (tertiary/aromatic N) is 1. The zero-order chi connectivity index (χ0) is 23.4. The van der Waals surface area contributed by atoms with E-state index in [0.717, 1.165) is 10.5 Å². The molecule has 1 aliphatic heterocycles. The lowest BCUT2D eigenvalue weighted by atomic mass is 10.1. The molecule has 0 aliphatic carbocycles. The van der Waals surface area contributed by atoms with Gasteiger partial charge in [0.25, 0.3) is 17.7 Å². The summed E-state index contributed by atoms with van der Waals surface area (Å²) in [6.45, 7) is -0.344. The van der Waals surface area contributed by atoms with Gasteiger partial charge in [-0.15, -0.1) is 0 Å². The largest absolute Gasteiger partial charge is 0.452 e. The van der Waals surface area contributed by atoms with Crippen molar-refractivity contribution in [1.82, 2.24) is 4.90 Å². The van der Waals surface area contributed by atoms with Crippen molar-refractivity contribution >= 4 is 29.4 Å². The predicted octanol–water partition coefficient (Wildman–Crippen LogP) is 3.46. The molecule has 0 saturated heterocycles. The number of carbonyl (C=O) groups excluding carboxylic acids is 4. The molecule has 33 heavy (non-hydrogen) atoms. The maximum Gasteiger partial charge on any atom is 0.338 e. The van der Waals surface area contributed by atoms with Crippen LogP contribution in [0, 0.1) is 5.82 Å². The summed E-state index contributed by atoms with van der Waals surface area (Å²) in [5.74, 6) is -2.74. The van der Waals surface area contributed by atoms with Crippen molar-refractivity contribution in [2.24, 2.45) is 0 Å². The van der Waals surface area contributed by atoms with Crippen LogP contribution >= 0.6 is 0 Å². The predicted molar refractivity (Wildman–Crippen MR) is 117 cm³/mol. The van der Waals surface area contributed by atoms with E-state index in [1.165, 1.54) is 42.5 Å². The highest BCUT2D eigenvalue weighted by Gasteiger charge is 2.35. The number of nitrogens with one attached hydrogen (secondary N) is 1. The molecule has 0 saturated carbocycles. The van der Waals surface area contributed by atoms with Gasteiger partial charge in [0.2, 0.25) is 0 Å². The number of hydrogen-bond donors (Lipinski definition) is 1. The lowest BCUT2D eigenvalue weighted by Crippen LogP contribution is -2.31. The van der Waals surface area contributed by atoms with Crippen LogP contribution in [0.1, 0.15) is 36.6 Å². The Balaban J connectivity index is 1.37. The average Bonchev–Trinajstić information content (AvgIpc) is 3.07. The first-order valence-corrected chi connectivity index (χ1v) is 10.2. The van der Waals surface area contributed by atoms with E-state index in [0.29, 0.717) is 12.1 Å².